The minimum Gasteiger partial charge on any atom is -0.347 e. The highest BCUT2D eigenvalue weighted by Gasteiger charge is 2.60. The van der Waals surface area contributed by atoms with Crippen molar-refractivity contribution in [2.45, 2.75) is 77.2 Å². The van der Waals surface area contributed by atoms with Gasteiger partial charge in [0.2, 0.25) is 0 Å². The fraction of sp³-hybridized carbons (Fsp3) is 0.600. The Balaban J connectivity index is 1.41. The minimum atomic E-state index is -0.651. The Hall–Kier alpha value is -2.24. The van der Waals surface area contributed by atoms with Gasteiger partial charge >= 0.3 is 0 Å². The number of halogens is 2. The SMILES string of the molecule is CC12CCC(C1)C(C)(C)C2NC(=O)c1nn(-c2ccc(F)cc2F)c2c1C1CCC2C1. The first-order chi connectivity index (χ1) is 14.7. The number of rotatable bonds is 3. The maximum absolute atomic E-state index is 14.6. The molecule has 1 aromatic carbocycles. The zero-order chi connectivity index (χ0) is 21.7. The van der Waals surface area contributed by atoms with Crippen molar-refractivity contribution >= 4 is 5.91 Å². The molecular formula is C25H29F2N3O. The Morgan fingerprint density at radius 3 is 2.65 bits per heavy atom. The fourth-order valence-electron chi connectivity index (χ4n) is 7.60. The van der Waals surface area contributed by atoms with Gasteiger partial charge in [0.05, 0.1) is 5.69 Å². The van der Waals surface area contributed by atoms with Crippen molar-refractivity contribution in [2.75, 3.05) is 0 Å². The zero-order valence-corrected chi connectivity index (χ0v) is 18.3. The molecule has 0 saturated heterocycles. The van der Waals surface area contributed by atoms with Gasteiger partial charge < -0.3 is 5.32 Å². The van der Waals surface area contributed by atoms with Gasteiger partial charge in [0.25, 0.3) is 5.91 Å². The van der Waals surface area contributed by atoms with Crippen molar-refractivity contribution in [3.05, 3.63) is 46.8 Å². The van der Waals surface area contributed by atoms with E-state index < -0.39 is 11.6 Å². The molecule has 1 N–H and O–H groups in total. The van der Waals surface area contributed by atoms with Crippen LogP contribution in [0.3, 0.4) is 0 Å². The van der Waals surface area contributed by atoms with Crippen molar-refractivity contribution in [1.82, 2.24) is 15.1 Å². The van der Waals surface area contributed by atoms with E-state index in [9.17, 15) is 13.6 Å². The molecule has 164 valence electrons. The second-order valence-electron chi connectivity index (χ2n) is 11.2. The summed E-state index contributed by atoms with van der Waals surface area (Å²) in [4.78, 5) is 13.6. The number of nitrogens with one attached hydrogen (secondary N) is 1. The quantitative estimate of drug-likeness (QED) is 0.710. The Bertz CT molecular complexity index is 1100. The lowest BCUT2D eigenvalue weighted by Gasteiger charge is -2.43. The van der Waals surface area contributed by atoms with Gasteiger partial charge in [-0.05, 0) is 73.3 Å². The molecule has 4 nitrogen and oxygen atoms in total. The Labute approximate surface area is 181 Å². The van der Waals surface area contributed by atoms with Crippen molar-refractivity contribution in [3.63, 3.8) is 0 Å². The molecule has 6 rings (SSSR count). The van der Waals surface area contributed by atoms with Crippen LogP contribution in [0.5, 0.6) is 0 Å². The fourth-order valence-corrected chi connectivity index (χ4v) is 7.60. The minimum absolute atomic E-state index is 0.0521. The predicted octanol–water partition coefficient (Wildman–Crippen LogP) is 5.46. The van der Waals surface area contributed by atoms with E-state index in [0.29, 0.717) is 17.5 Å². The van der Waals surface area contributed by atoms with Gasteiger partial charge in [-0.2, -0.15) is 5.10 Å². The molecule has 6 heteroatoms. The molecule has 1 aromatic heterocycles. The zero-order valence-electron chi connectivity index (χ0n) is 18.3. The Kier molecular flexibility index (Phi) is 3.87. The third-order valence-corrected chi connectivity index (χ3v) is 9.09. The monoisotopic (exact) mass is 425 g/mol. The number of fused-ring (bicyclic) bond motifs is 7. The van der Waals surface area contributed by atoms with Crippen LogP contribution in [0.1, 0.15) is 92.9 Å². The summed E-state index contributed by atoms with van der Waals surface area (Å²) in [5.74, 6) is -0.179. The molecule has 1 amide bonds. The van der Waals surface area contributed by atoms with Crippen LogP contribution in [-0.4, -0.2) is 21.7 Å². The van der Waals surface area contributed by atoms with E-state index in [-0.39, 0.29) is 34.4 Å². The van der Waals surface area contributed by atoms with Crippen LogP contribution >= 0.6 is 0 Å². The van der Waals surface area contributed by atoms with E-state index in [4.69, 9.17) is 0 Å². The second kappa shape index (κ2) is 6.17. The molecule has 5 atom stereocenters. The Morgan fingerprint density at radius 1 is 1.16 bits per heavy atom. The standard InChI is InChI=1S/C25H29F2N3O/c1-24(2)15-8-9-25(3,12-15)23(24)28-22(31)20-19-13-4-5-14(10-13)21(19)30(29-20)18-7-6-16(26)11-17(18)27/h6-7,11,13-15,23H,4-5,8-10,12H2,1-3H3,(H,28,31). The van der Waals surface area contributed by atoms with E-state index >= 15 is 0 Å². The number of benzene rings is 1. The summed E-state index contributed by atoms with van der Waals surface area (Å²) >= 11 is 0. The van der Waals surface area contributed by atoms with Gasteiger partial charge in [-0.25, -0.2) is 13.5 Å². The highest BCUT2D eigenvalue weighted by atomic mass is 19.1. The van der Waals surface area contributed by atoms with Gasteiger partial charge in [0.1, 0.15) is 11.5 Å². The number of aromatic nitrogens is 2. The lowest BCUT2D eigenvalue weighted by atomic mass is 9.68. The van der Waals surface area contributed by atoms with Crippen molar-refractivity contribution in [2.24, 2.45) is 16.7 Å². The molecule has 0 radical (unpaired) electrons. The number of hydrogen-bond donors (Lipinski definition) is 1. The Morgan fingerprint density at radius 2 is 1.94 bits per heavy atom. The number of nitrogens with zero attached hydrogens (tertiary/aromatic N) is 2. The summed E-state index contributed by atoms with van der Waals surface area (Å²) in [6.45, 7) is 6.84. The summed E-state index contributed by atoms with van der Waals surface area (Å²) in [5, 5.41) is 8.02. The topological polar surface area (TPSA) is 46.9 Å². The number of carbonyl (C=O) groups is 1. The third-order valence-electron chi connectivity index (χ3n) is 9.09. The van der Waals surface area contributed by atoms with Crippen molar-refractivity contribution in [3.8, 4) is 5.69 Å². The summed E-state index contributed by atoms with van der Waals surface area (Å²) in [5.41, 5.74) is 2.77. The van der Waals surface area contributed by atoms with E-state index in [1.165, 1.54) is 18.6 Å². The van der Waals surface area contributed by atoms with E-state index in [2.05, 4.69) is 31.2 Å². The molecule has 4 aliphatic carbocycles. The largest absolute Gasteiger partial charge is 0.347 e. The molecule has 4 aliphatic rings. The first-order valence-electron chi connectivity index (χ1n) is 11.6. The number of hydrogen-bond acceptors (Lipinski definition) is 2. The van der Waals surface area contributed by atoms with E-state index in [1.807, 2.05) is 0 Å². The van der Waals surface area contributed by atoms with Gasteiger partial charge in [0, 0.05) is 23.6 Å². The van der Waals surface area contributed by atoms with Crippen molar-refractivity contribution in [1.29, 1.82) is 0 Å². The first kappa shape index (κ1) is 19.4. The molecular weight excluding hydrogens is 396 g/mol. The molecule has 5 unspecified atom stereocenters. The average Bonchev–Trinajstić information content (AvgIpc) is 3.48. The molecule has 3 fully saturated rings. The summed E-state index contributed by atoms with van der Waals surface area (Å²) in [7, 11) is 0. The molecule has 2 aromatic rings. The second-order valence-corrected chi connectivity index (χ2v) is 11.2. The van der Waals surface area contributed by atoms with Crippen LogP contribution in [0.15, 0.2) is 18.2 Å². The summed E-state index contributed by atoms with van der Waals surface area (Å²) in [6.07, 6.45) is 6.60. The maximum atomic E-state index is 14.6. The molecule has 3 saturated carbocycles. The van der Waals surface area contributed by atoms with Crippen LogP contribution < -0.4 is 5.32 Å². The van der Waals surface area contributed by atoms with Crippen molar-refractivity contribution < 1.29 is 13.6 Å². The van der Waals surface area contributed by atoms with Gasteiger partial charge in [0.15, 0.2) is 11.5 Å². The van der Waals surface area contributed by atoms with Crippen LogP contribution in [0, 0.1) is 28.4 Å². The van der Waals surface area contributed by atoms with Gasteiger partial charge in [-0.15, -0.1) is 0 Å². The van der Waals surface area contributed by atoms with E-state index in [0.717, 1.165) is 49.4 Å². The summed E-state index contributed by atoms with van der Waals surface area (Å²) < 4.78 is 29.7. The molecule has 0 spiro atoms. The average molecular weight is 426 g/mol. The van der Waals surface area contributed by atoms with E-state index in [1.54, 1.807) is 4.68 Å². The lowest BCUT2D eigenvalue weighted by molar-refractivity contribution is 0.0731. The molecule has 0 aliphatic heterocycles. The highest BCUT2D eigenvalue weighted by molar-refractivity contribution is 5.95. The lowest BCUT2D eigenvalue weighted by Crippen LogP contribution is -2.52. The molecule has 4 bridgehead atoms. The highest BCUT2D eigenvalue weighted by Crippen LogP contribution is 2.62. The van der Waals surface area contributed by atoms with Crippen LogP contribution in [0.25, 0.3) is 5.69 Å². The third kappa shape index (κ3) is 2.56. The predicted molar refractivity (Wildman–Crippen MR) is 113 cm³/mol. The maximum Gasteiger partial charge on any atom is 0.272 e. The smallest absolute Gasteiger partial charge is 0.272 e. The number of carbonyl (C=O) groups excluding carboxylic acids is 1. The molecule has 1 heterocycles. The molecule has 31 heavy (non-hydrogen) atoms. The first-order valence-corrected chi connectivity index (χ1v) is 11.6. The van der Waals surface area contributed by atoms with Crippen LogP contribution in [-0.2, 0) is 0 Å². The van der Waals surface area contributed by atoms with Gasteiger partial charge in [-0.1, -0.05) is 20.8 Å². The van der Waals surface area contributed by atoms with Gasteiger partial charge in [-0.3, -0.25) is 4.79 Å². The summed E-state index contributed by atoms with van der Waals surface area (Å²) in [6, 6.07) is 3.66. The van der Waals surface area contributed by atoms with Crippen LogP contribution in [0.4, 0.5) is 8.78 Å². The normalized spacial score (nSPS) is 34.4. The number of amides is 1. The van der Waals surface area contributed by atoms with Crippen LogP contribution in [0.2, 0.25) is 0 Å².